The van der Waals surface area contributed by atoms with E-state index in [4.69, 9.17) is 9.47 Å². The molecule has 0 aromatic heterocycles. The first-order valence-corrected chi connectivity index (χ1v) is 7.99. The first kappa shape index (κ1) is 23.1. The van der Waals surface area contributed by atoms with Gasteiger partial charge < -0.3 is 20.1 Å². The summed E-state index contributed by atoms with van der Waals surface area (Å²) < 4.78 is 23.9. The van der Waals surface area contributed by atoms with E-state index in [-0.39, 0.29) is 36.4 Å². The molecule has 0 aliphatic rings. The number of nitrogens with one attached hydrogen (secondary N) is 2. The summed E-state index contributed by atoms with van der Waals surface area (Å²) in [5.41, 5.74) is 1.54. The van der Waals surface area contributed by atoms with Crippen molar-refractivity contribution in [2.24, 2.45) is 4.99 Å². The smallest absolute Gasteiger partial charge is 0.191 e. The highest BCUT2D eigenvalue weighted by Crippen LogP contribution is 2.11. The molecule has 7 heteroatoms. The molecule has 5 nitrogen and oxygen atoms in total. The van der Waals surface area contributed by atoms with Crippen molar-refractivity contribution < 1.29 is 13.9 Å². The highest BCUT2D eigenvalue weighted by atomic mass is 127. The van der Waals surface area contributed by atoms with Crippen molar-refractivity contribution in [1.29, 1.82) is 0 Å². The Morgan fingerprint density at radius 2 is 2.04 bits per heavy atom. The molecule has 0 atom stereocenters. The molecule has 0 radical (unpaired) electrons. The Labute approximate surface area is 161 Å². The number of nitrogens with zero attached hydrogens (tertiary/aromatic N) is 1. The van der Waals surface area contributed by atoms with Gasteiger partial charge in [0.05, 0.1) is 6.61 Å². The fraction of sp³-hybridized carbons (Fsp3) is 0.588. The molecule has 138 valence electrons. The third kappa shape index (κ3) is 9.39. The lowest BCUT2D eigenvalue weighted by molar-refractivity contribution is 0.143. The fourth-order valence-corrected chi connectivity index (χ4v) is 2.09. The van der Waals surface area contributed by atoms with Crippen molar-refractivity contribution in [2.75, 3.05) is 33.9 Å². The third-order valence-corrected chi connectivity index (χ3v) is 3.31. The number of hydrogen-bond acceptors (Lipinski definition) is 3. The number of halogens is 2. The number of hydrogen-bond donors (Lipinski definition) is 2. The van der Waals surface area contributed by atoms with Gasteiger partial charge in [-0.25, -0.2) is 4.39 Å². The van der Waals surface area contributed by atoms with E-state index in [2.05, 4.69) is 15.6 Å². The maximum atomic E-state index is 13.6. The Hall–Kier alpha value is -0.930. The van der Waals surface area contributed by atoms with Gasteiger partial charge in [-0.1, -0.05) is 6.07 Å². The van der Waals surface area contributed by atoms with Crippen molar-refractivity contribution in [1.82, 2.24) is 10.6 Å². The van der Waals surface area contributed by atoms with Gasteiger partial charge in [-0.3, -0.25) is 4.99 Å². The molecule has 0 aliphatic heterocycles. The number of unbranched alkanes of at least 4 members (excludes halogenated alkanes) is 1. The van der Waals surface area contributed by atoms with Crippen LogP contribution in [-0.4, -0.2) is 39.9 Å². The summed E-state index contributed by atoms with van der Waals surface area (Å²) in [5.74, 6) is 0.492. The molecule has 0 spiro atoms. The molecule has 2 N–H and O–H groups in total. The van der Waals surface area contributed by atoms with Crippen LogP contribution in [0.1, 0.15) is 30.9 Å². The SMILES string of the molecule is CCOCCCCNC(=NC)NCc1ccc(F)c(COC)c1.I. The Morgan fingerprint density at radius 3 is 2.71 bits per heavy atom. The molecule has 0 saturated heterocycles. The van der Waals surface area contributed by atoms with Crippen LogP contribution in [0.15, 0.2) is 23.2 Å². The van der Waals surface area contributed by atoms with Gasteiger partial charge in [0, 0.05) is 46.0 Å². The highest BCUT2D eigenvalue weighted by Gasteiger charge is 2.04. The summed E-state index contributed by atoms with van der Waals surface area (Å²) >= 11 is 0. The van der Waals surface area contributed by atoms with Crippen LogP contribution >= 0.6 is 24.0 Å². The van der Waals surface area contributed by atoms with E-state index in [9.17, 15) is 4.39 Å². The minimum absolute atomic E-state index is 0. The summed E-state index contributed by atoms with van der Waals surface area (Å²) in [6, 6.07) is 5.04. The number of methoxy groups -OCH3 is 1. The summed E-state index contributed by atoms with van der Waals surface area (Å²) in [6.45, 7) is 5.24. The van der Waals surface area contributed by atoms with Gasteiger partial charge in [0.1, 0.15) is 5.82 Å². The second-order valence-electron chi connectivity index (χ2n) is 5.12. The summed E-state index contributed by atoms with van der Waals surface area (Å²) in [7, 11) is 3.29. The van der Waals surface area contributed by atoms with E-state index >= 15 is 0 Å². The van der Waals surface area contributed by atoms with Gasteiger partial charge in [0.2, 0.25) is 0 Å². The standard InChI is InChI=1S/C17H28FN3O2.HI/c1-4-23-10-6-5-9-20-17(19-2)21-12-14-7-8-16(18)15(11-14)13-22-3;/h7-8,11H,4-6,9-10,12-13H2,1-3H3,(H2,19,20,21);1H. The second kappa shape index (κ2) is 14.4. The molecule has 0 unspecified atom stereocenters. The van der Waals surface area contributed by atoms with Gasteiger partial charge in [-0.05, 0) is 37.5 Å². The monoisotopic (exact) mass is 453 g/mol. The number of aliphatic imine (C=N–C) groups is 1. The first-order valence-electron chi connectivity index (χ1n) is 7.99. The van der Waals surface area contributed by atoms with Crippen LogP contribution < -0.4 is 10.6 Å². The predicted octanol–water partition coefficient (Wildman–Crippen LogP) is 3.07. The van der Waals surface area contributed by atoms with E-state index in [0.717, 1.165) is 44.1 Å². The van der Waals surface area contributed by atoms with Gasteiger partial charge in [-0.2, -0.15) is 0 Å². The Kier molecular flexibility index (Phi) is 13.9. The Balaban J connectivity index is 0.00000529. The molecule has 24 heavy (non-hydrogen) atoms. The lowest BCUT2D eigenvalue weighted by atomic mass is 10.1. The minimum atomic E-state index is -0.243. The first-order chi connectivity index (χ1) is 11.2. The molecule has 0 fully saturated rings. The number of benzene rings is 1. The largest absolute Gasteiger partial charge is 0.382 e. The molecule has 0 bridgehead atoms. The average Bonchev–Trinajstić information content (AvgIpc) is 2.56. The lowest BCUT2D eigenvalue weighted by Gasteiger charge is -2.13. The fourth-order valence-electron chi connectivity index (χ4n) is 2.09. The van der Waals surface area contributed by atoms with Gasteiger partial charge in [0.25, 0.3) is 0 Å². The molecular formula is C17H29FIN3O2. The molecule has 1 aromatic rings. The normalized spacial score (nSPS) is 11.1. The Bertz CT molecular complexity index is 487. The van der Waals surface area contributed by atoms with E-state index in [1.807, 2.05) is 6.92 Å². The van der Waals surface area contributed by atoms with Crippen LogP contribution in [0.25, 0.3) is 0 Å². The molecule has 1 rings (SSSR count). The predicted molar refractivity (Wildman–Crippen MR) is 106 cm³/mol. The van der Waals surface area contributed by atoms with Crippen molar-refractivity contribution in [3.63, 3.8) is 0 Å². The zero-order chi connectivity index (χ0) is 16.9. The van der Waals surface area contributed by atoms with E-state index in [1.165, 1.54) is 6.07 Å². The zero-order valence-corrected chi connectivity index (χ0v) is 17.1. The summed E-state index contributed by atoms with van der Waals surface area (Å²) in [5, 5.41) is 6.47. The van der Waals surface area contributed by atoms with Crippen molar-refractivity contribution in [3.05, 3.63) is 35.1 Å². The van der Waals surface area contributed by atoms with Crippen LogP contribution in [0.5, 0.6) is 0 Å². The average molecular weight is 453 g/mol. The van der Waals surface area contributed by atoms with Crippen LogP contribution in [0.4, 0.5) is 4.39 Å². The summed E-state index contributed by atoms with van der Waals surface area (Å²) in [4.78, 5) is 4.18. The van der Waals surface area contributed by atoms with Crippen LogP contribution in [0.2, 0.25) is 0 Å². The van der Waals surface area contributed by atoms with Crippen molar-refractivity contribution in [3.8, 4) is 0 Å². The van der Waals surface area contributed by atoms with E-state index in [1.54, 1.807) is 26.3 Å². The molecule has 0 amide bonds. The zero-order valence-electron chi connectivity index (χ0n) is 14.7. The third-order valence-electron chi connectivity index (χ3n) is 3.31. The molecule has 0 saturated carbocycles. The molecule has 0 aliphatic carbocycles. The molecule has 1 aromatic carbocycles. The Morgan fingerprint density at radius 1 is 1.25 bits per heavy atom. The summed E-state index contributed by atoms with van der Waals surface area (Å²) in [6.07, 6.45) is 2.05. The number of ether oxygens (including phenoxy) is 2. The molecular weight excluding hydrogens is 424 g/mol. The van der Waals surface area contributed by atoms with E-state index in [0.29, 0.717) is 12.1 Å². The molecule has 0 heterocycles. The van der Waals surface area contributed by atoms with Gasteiger partial charge >= 0.3 is 0 Å². The number of rotatable bonds is 10. The van der Waals surface area contributed by atoms with Crippen LogP contribution in [-0.2, 0) is 22.6 Å². The van der Waals surface area contributed by atoms with Gasteiger partial charge in [-0.15, -0.1) is 24.0 Å². The van der Waals surface area contributed by atoms with Crippen LogP contribution in [0, 0.1) is 5.82 Å². The highest BCUT2D eigenvalue weighted by molar-refractivity contribution is 14.0. The van der Waals surface area contributed by atoms with Gasteiger partial charge in [0.15, 0.2) is 5.96 Å². The quantitative estimate of drug-likeness (QED) is 0.248. The lowest BCUT2D eigenvalue weighted by Crippen LogP contribution is -2.37. The maximum absolute atomic E-state index is 13.6. The van der Waals surface area contributed by atoms with Crippen LogP contribution in [0.3, 0.4) is 0 Å². The number of guanidine groups is 1. The van der Waals surface area contributed by atoms with Crippen molar-refractivity contribution in [2.45, 2.75) is 32.9 Å². The maximum Gasteiger partial charge on any atom is 0.191 e. The minimum Gasteiger partial charge on any atom is -0.382 e. The second-order valence-corrected chi connectivity index (χ2v) is 5.12. The van der Waals surface area contributed by atoms with E-state index < -0.39 is 0 Å². The van der Waals surface area contributed by atoms with Crippen molar-refractivity contribution >= 4 is 29.9 Å². The topological polar surface area (TPSA) is 54.9 Å².